The van der Waals surface area contributed by atoms with Gasteiger partial charge in [-0.2, -0.15) is 0 Å². The molecule has 0 spiro atoms. The van der Waals surface area contributed by atoms with Crippen molar-refractivity contribution in [3.63, 3.8) is 0 Å². The van der Waals surface area contributed by atoms with E-state index in [1.807, 2.05) is 18.2 Å². The second-order valence-corrected chi connectivity index (χ2v) is 7.43. The van der Waals surface area contributed by atoms with E-state index in [0.29, 0.717) is 0 Å². The first-order valence-electron chi connectivity index (χ1n) is 8.26. The van der Waals surface area contributed by atoms with Crippen LogP contribution in [0, 0.1) is 0 Å². The Hall–Kier alpha value is -2.40. The van der Waals surface area contributed by atoms with Crippen LogP contribution >= 0.6 is 0 Å². The van der Waals surface area contributed by atoms with Crippen LogP contribution in [0.3, 0.4) is 0 Å². The number of rotatable bonds is 0. The van der Waals surface area contributed by atoms with Gasteiger partial charge in [0.15, 0.2) is 0 Å². The van der Waals surface area contributed by atoms with Crippen LogP contribution in [0.25, 0.3) is 46.4 Å². The fourth-order valence-electron chi connectivity index (χ4n) is 3.16. The van der Waals surface area contributed by atoms with Crippen LogP contribution in [0.2, 0.25) is 0 Å². The van der Waals surface area contributed by atoms with Crippen LogP contribution in [0.15, 0.2) is 42.5 Å². The first-order chi connectivity index (χ1) is 12.2. The zero-order valence-electron chi connectivity index (χ0n) is 13.7. The quantitative estimate of drug-likeness (QED) is 0.427. The third kappa shape index (κ3) is 3.00. The SMILES string of the molecule is [Na][c]1cc2cc3nc(cc4ccc(cc5nc(cc1[nH]2)C=C5)[nH]4)C=C3. The molecule has 3 aromatic rings. The van der Waals surface area contributed by atoms with Gasteiger partial charge in [-0.15, -0.1) is 0 Å². The van der Waals surface area contributed by atoms with Crippen LogP contribution < -0.4 is 2.81 Å². The van der Waals surface area contributed by atoms with Crippen molar-refractivity contribution in [3.8, 4) is 0 Å². The van der Waals surface area contributed by atoms with Gasteiger partial charge in [0.25, 0.3) is 0 Å². The average molecular weight is 332 g/mol. The molecule has 5 rings (SSSR count). The van der Waals surface area contributed by atoms with Gasteiger partial charge in [-0.25, -0.2) is 0 Å². The maximum atomic E-state index is 4.69. The Kier molecular flexibility index (Phi) is 3.48. The van der Waals surface area contributed by atoms with E-state index in [-0.39, 0.29) is 0 Å². The van der Waals surface area contributed by atoms with E-state index in [1.165, 1.54) is 2.81 Å². The van der Waals surface area contributed by atoms with Gasteiger partial charge in [0.1, 0.15) is 0 Å². The van der Waals surface area contributed by atoms with Crippen molar-refractivity contribution in [1.82, 2.24) is 19.9 Å². The Labute approximate surface area is 161 Å². The minimum atomic E-state index is 0.949. The third-order valence-electron chi connectivity index (χ3n) is 4.38. The van der Waals surface area contributed by atoms with Crippen LogP contribution in [-0.2, 0) is 0 Å². The van der Waals surface area contributed by atoms with Gasteiger partial charge in [-0.3, -0.25) is 0 Å². The number of aromatic nitrogens is 4. The molecule has 5 heteroatoms. The molecule has 2 aliphatic heterocycles. The summed E-state index contributed by atoms with van der Waals surface area (Å²) < 4.78 is 1.33. The topological polar surface area (TPSA) is 57.4 Å². The van der Waals surface area contributed by atoms with Gasteiger partial charge in [0.05, 0.1) is 0 Å². The third-order valence-corrected chi connectivity index (χ3v) is 5.20. The Morgan fingerprint density at radius 3 is 1.72 bits per heavy atom. The van der Waals surface area contributed by atoms with Crippen LogP contribution in [-0.4, -0.2) is 47.9 Å². The van der Waals surface area contributed by atoms with E-state index in [2.05, 4.69) is 63.5 Å². The summed E-state index contributed by atoms with van der Waals surface area (Å²) in [6.45, 7) is 0. The molecule has 3 aromatic heterocycles. The van der Waals surface area contributed by atoms with Gasteiger partial charge < -0.3 is 0 Å². The van der Waals surface area contributed by atoms with Crippen molar-refractivity contribution < 1.29 is 0 Å². The van der Waals surface area contributed by atoms with Crippen LogP contribution in [0.5, 0.6) is 0 Å². The van der Waals surface area contributed by atoms with Crippen molar-refractivity contribution in [1.29, 1.82) is 0 Å². The molecule has 0 unspecified atom stereocenters. The molecule has 2 N–H and O–H groups in total. The molecule has 0 atom stereocenters. The molecule has 0 amide bonds. The average Bonchev–Trinajstić information content (AvgIpc) is 3.33. The molecule has 0 radical (unpaired) electrons. The fraction of sp³-hybridized carbons (Fsp3) is 0. The van der Waals surface area contributed by atoms with Crippen molar-refractivity contribution in [2.45, 2.75) is 0 Å². The molecule has 0 aromatic carbocycles. The van der Waals surface area contributed by atoms with Crippen molar-refractivity contribution in [2.24, 2.45) is 0 Å². The summed E-state index contributed by atoms with van der Waals surface area (Å²) in [4.78, 5) is 16.2. The molecule has 25 heavy (non-hydrogen) atoms. The zero-order chi connectivity index (χ0) is 16.8. The molecule has 4 nitrogen and oxygen atoms in total. The minimum absolute atomic E-state index is 0.949. The second-order valence-electron chi connectivity index (χ2n) is 6.36. The van der Waals surface area contributed by atoms with E-state index in [1.54, 1.807) is 0 Å². The van der Waals surface area contributed by atoms with Crippen LogP contribution in [0.1, 0.15) is 22.8 Å². The zero-order valence-corrected chi connectivity index (χ0v) is 15.7. The molecule has 114 valence electrons. The van der Waals surface area contributed by atoms with E-state index in [0.717, 1.165) is 72.8 Å². The molecule has 0 saturated carbocycles. The maximum absolute atomic E-state index is 4.69. The number of nitrogens with zero attached hydrogens (tertiary/aromatic N) is 2. The van der Waals surface area contributed by atoms with E-state index >= 15 is 0 Å². The Balaban J connectivity index is 1.87. The number of fused-ring (bicyclic) bond motifs is 8. The molecule has 5 heterocycles. The molecule has 0 aliphatic carbocycles. The Morgan fingerprint density at radius 2 is 1.12 bits per heavy atom. The molecule has 8 bridgehead atoms. The van der Waals surface area contributed by atoms with E-state index in [4.69, 9.17) is 4.98 Å². The summed E-state index contributed by atoms with van der Waals surface area (Å²) in [7, 11) is 0. The van der Waals surface area contributed by atoms with Crippen molar-refractivity contribution in [3.05, 3.63) is 65.2 Å². The van der Waals surface area contributed by atoms with Crippen molar-refractivity contribution in [2.75, 3.05) is 0 Å². The molecule has 0 fully saturated rings. The Morgan fingerprint density at radius 1 is 0.600 bits per heavy atom. The predicted octanol–water partition coefficient (Wildman–Crippen LogP) is 3.45. The van der Waals surface area contributed by atoms with Gasteiger partial charge in [0.2, 0.25) is 0 Å². The number of hydrogen-bond donors (Lipinski definition) is 2. The molecule has 2 aliphatic rings. The predicted molar refractivity (Wildman–Crippen MR) is 104 cm³/mol. The summed E-state index contributed by atoms with van der Waals surface area (Å²) in [5.41, 5.74) is 8.11. The van der Waals surface area contributed by atoms with Crippen LogP contribution in [0.4, 0.5) is 0 Å². The monoisotopic (exact) mass is 332 g/mol. The summed E-state index contributed by atoms with van der Waals surface area (Å²) >= 11 is 0.980. The normalized spacial score (nSPS) is 12.7. The summed E-state index contributed by atoms with van der Waals surface area (Å²) in [6.07, 6.45) is 8.18. The van der Waals surface area contributed by atoms with Crippen molar-refractivity contribution >= 4 is 77.1 Å². The van der Waals surface area contributed by atoms with Gasteiger partial charge >= 0.3 is 162 Å². The number of H-pyrrole nitrogens is 2. The summed E-state index contributed by atoms with van der Waals surface area (Å²) in [5.74, 6) is 0. The molecule has 0 saturated heterocycles. The van der Waals surface area contributed by atoms with E-state index < -0.39 is 0 Å². The molecular formula is C20H13N4Na. The number of hydrogen-bond acceptors (Lipinski definition) is 2. The van der Waals surface area contributed by atoms with Gasteiger partial charge in [-0.1, -0.05) is 0 Å². The van der Waals surface area contributed by atoms with Gasteiger partial charge in [-0.05, 0) is 0 Å². The second kappa shape index (κ2) is 5.85. The van der Waals surface area contributed by atoms with Gasteiger partial charge in [0, 0.05) is 0 Å². The summed E-state index contributed by atoms with van der Waals surface area (Å²) in [5, 5.41) is 0. The van der Waals surface area contributed by atoms with E-state index in [9.17, 15) is 0 Å². The number of aromatic amines is 2. The first kappa shape index (κ1) is 14.9. The standard InChI is InChI=1S/C20H13N4.Na/c1-2-14-10-16-5-6-18(23-16)12-20-8-7-19(24-20)11-17-4-3-15(22-17)9-13(1)21-14;/h1-7,9-12,21,24H;. The Bertz CT molecular complexity index is 1210. The molecular weight excluding hydrogens is 319 g/mol. The fourth-order valence-corrected chi connectivity index (χ4v) is 3.74. The first-order valence-corrected chi connectivity index (χ1v) is 9.26. The summed E-state index contributed by atoms with van der Waals surface area (Å²) in [6, 6.07) is 14.6. The number of nitrogens with one attached hydrogen (secondary N) is 2.